The van der Waals surface area contributed by atoms with Gasteiger partial charge in [0, 0.05) is 18.2 Å². The first-order valence-corrected chi connectivity index (χ1v) is 11.3. The first kappa shape index (κ1) is 20.9. The summed E-state index contributed by atoms with van der Waals surface area (Å²) in [6, 6.07) is 15.6. The standard InChI is InChI=1S/C21H24N2O5S/c1-2-23(14-20(24)22-17-11-12-29(26,27)15-17)21(25)16-7-6-10-19(13-16)28-18-8-4-3-5-9-18/h3-10,13,17H,2,11-12,14-15H2,1H3,(H,22,24)/t17-/m1/s1. The Kier molecular flexibility index (Phi) is 6.53. The number of benzene rings is 2. The molecule has 8 heteroatoms. The van der Waals surface area contributed by atoms with Crippen LogP contribution in [0.15, 0.2) is 54.6 Å². The van der Waals surface area contributed by atoms with Gasteiger partial charge < -0.3 is 15.0 Å². The summed E-state index contributed by atoms with van der Waals surface area (Å²) in [6.45, 7) is 2.00. The van der Waals surface area contributed by atoms with Gasteiger partial charge in [0.15, 0.2) is 9.84 Å². The molecular weight excluding hydrogens is 392 g/mol. The number of hydrogen-bond donors (Lipinski definition) is 1. The van der Waals surface area contributed by atoms with Crippen molar-refractivity contribution >= 4 is 21.7 Å². The smallest absolute Gasteiger partial charge is 0.254 e. The van der Waals surface area contributed by atoms with Gasteiger partial charge in [-0.3, -0.25) is 9.59 Å². The third-order valence-corrected chi connectivity index (χ3v) is 6.43. The molecule has 0 saturated carbocycles. The zero-order valence-corrected chi connectivity index (χ0v) is 17.0. The van der Waals surface area contributed by atoms with Gasteiger partial charge in [0.05, 0.1) is 18.1 Å². The lowest BCUT2D eigenvalue weighted by atomic mass is 10.2. The van der Waals surface area contributed by atoms with Crippen LogP contribution >= 0.6 is 0 Å². The van der Waals surface area contributed by atoms with Crippen molar-refractivity contribution < 1.29 is 22.7 Å². The summed E-state index contributed by atoms with van der Waals surface area (Å²) in [6.07, 6.45) is 0.410. The Morgan fingerprint density at radius 3 is 2.48 bits per heavy atom. The molecule has 1 saturated heterocycles. The molecule has 2 aromatic carbocycles. The van der Waals surface area contributed by atoms with Crippen LogP contribution in [0.4, 0.5) is 0 Å². The number of amides is 2. The molecule has 1 heterocycles. The predicted molar refractivity (Wildman–Crippen MR) is 110 cm³/mol. The number of nitrogens with zero attached hydrogens (tertiary/aromatic N) is 1. The molecular formula is C21H24N2O5S. The van der Waals surface area contributed by atoms with E-state index in [2.05, 4.69) is 5.32 Å². The molecule has 0 spiro atoms. The minimum atomic E-state index is -3.07. The van der Waals surface area contributed by atoms with Gasteiger partial charge in [-0.25, -0.2) is 8.42 Å². The highest BCUT2D eigenvalue weighted by Crippen LogP contribution is 2.22. The second-order valence-corrected chi connectivity index (χ2v) is 9.16. The largest absolute Gasteiger partial charge is 0.457 e. The Bertz CT molecular complexity index is 976. The lowest BCUT2D eigenvalue weighted by molar-refractivity contribution is -0.122. The Morgan fingerprint density at radius 1 is 1.10 bits per heavy atom. The van der Waals surface area contributed by atoms with Gasteiger partial charge in [-0.15, -0.1) is 0 Å². The van der Waals surface area contributed by atoms with Gasteiger partial charge in [0.25, 0.3) is 5.91 Å². The van der Waals surface area contributed by atoms with Crippen LogP contribution in [0.5, 0.6) is 11.5 Å². The van der Waals surface area contributed by atoms with Gasteiger partial charge in [-0.05, 0) is 43.7 Å². The van der Waals surface area contributed by atoms with Gasteiger partial charge in [0.1, 0.15) is 11.5 Å². The number of carbonyl (C=O) groups is 2. The third kappa shape index (κ3) is 5.80. The number of likely N-dealkylation sites (N-methyl/N-ethyl adjacent to an activating group) is 1. The first-order valence-electron chi connectivity index (χ1n) is 9.48. The number of sulfone groups is 1. The SMILES string of the molecule is CCN(CC(=O)N[C@@H]1CCS(=O)(=O)C1)C(=O)c1cccc(Oc2ccccc2)c1. The fourth-order valence-electron chi connectivity index (χ4n) is 3.18. The summed E-state index contributed by atoms with van der Waals surface area (Å²) in [5, 5.41) is 2.71. The highest BCUT2D eigenvalue weighted by Gasteiger charge is 2.29. The second kappa shape index (κ2) is 9.09. The minimum Gasteiger partial charge on any atom is -0.457 e. The van der Waals surface area contributed by atoms with Crippen molar-refractivity contribution in [3.63, 3.8) is 0 Å². The maximum absolute atomic E-state index is 12.9. The summed E-state index contributed by atoms with van der Waals surface area (Å²) >= 11 is 0. The van der Waals surface area contributed by atoms with E-state index < -0.39 is 9.84 Å². The molecule has 0 aliphatic carbocycles. The highest BCUT2D eigenvalue weighted by atomic mass is 32.2. The van der Waals surface area contributed by atoms with Gasteiger partial charge in [-0.2, -0.15) is 0 Å². The molecule has 7 nitrogen and oxygen atoms in total. The van der Waals surface area contributed by atoms with Gasteiger partial charge >= 0.3 is 0 Å². The van der Waals surface area contributed by atoms with Crippen LogP contribution in [0.2, 0.25) is 0 Å². The van der Waals surface area contributed by atoms with Crippen LogP contribution in [-0.4, -0.2) is 55.8 Å². The molecule has 1 N–H and O–H groups in total. The monoisotopic (exact) mass is 416 g/mol. The maximum atomic E-state index is 12.9. The van der Waals surface area contributed by atoms with Crippen LogP contribution in [0, 0.1) is 0 Å². The van der Waals surface area contributed by atoms with Crippen molar-refractivity contribution in [2.24, 2.45) is 0 Å². The molecule has 2 aromatic rings. The fraction of sp³-hybridized carbons (Fsp3) is 0.333. The molecule has 1 fully saturated rings. The Hall–Kier alpha value is -2.87. The van der Waals surface area contributed by atoms with E-state index in [4.69, 9.17) is 4.74 Å². The summed E-state index contributed by atoms with van der Waals surface area (Å²) in [5.41, 5.74) is 0.413. The van der Waals surface area contributed by atoms with Crippen molar-refractivity contribution in [2.45, 2.75) is 19.4 Å². The van der Waals surface area contributed by atoms with E-state index in [1.165, 1.54) is 4.90 Å². The zero-order valence-electron chi connectivity index (χ0n) is 16.2. The first-order chi connectivity index (χ1) is 13.9. The number of nitrogens with one attached hydrogen (secondary N) is 1. The Balaban J connectivity index is 1.63. The molecule has 0 radical (unpaired) electrons. The van der Waals surface area contributed by atoms with Crippen LogP contribution in [-0.2, 0) is 14.6 Å². The minimum absolute atomic E-state index is 0.0440. The van der Waals surface area contributed by atoms with E-state index in [1.807, 2.05) is 30.3 Å². The number of para-hydroxylation sites is 1. The van der Waals surface area contributed by atoms with Crippen LogP contribution in [0.1, 0.15) is 23.7 Å². The Morgan fingerprint density at radius 2 is 1.83 bits per heavy atom. The van der Waals surface area contributed by atoms with Crippen LogP contribution < -0.4 is 10.1 Å². The fourth-order valence-corrected chi connectivity index (χ4v) is 4.86. The predicted octanol–water partition coefficient (Wildman–Crippen LogP) is 2.24. The van der Waals surface area contributed by atoms with Gasteiger partial charge in [0.2, 0.25) is 5.91 Å². The highest BCUT2D eigenvalue weighted by molar-refractivity contribution is 7.91. The zero-order chi connectivity index (χ0) is 20.9. The average molecular weight is 416 g/mol. The van der Waals surface area contributed by atoms with Crippen molar-refractivity contribution in [1.82, 2.24) is 10.2 Å². The molecule has 2 amide bonds. The van der Waals surface area contributed by atoms with Gasteiger partial charge in [-0.1, -0.05) is 24.3 Å². The average Bonchev–Trinajstić information content (AvgIpc) is 3.04. The third-order valence-electron chi connectivity index (χ3n) is 4.66. The summed E-state index contributed by atoms with van der Waals surface area (Å²) in [4.78, 5) is 26.6. The lowest BCUT2D eigenvalue weighted by Crippen LogP contribution is -2.44. The topological polar surface area (TPSA) is 92.8 Å². The quantitative estimate of drug-likeness (QED) is 0.747. The molecule has 1 aliphatic rings. The molecule has 3 rings (SSSR count). The molecule has 154 valence electrons. The van der Waals surface area contributed by atoms with Crippen molar-refractivity contribution in [1.29, 1.82) is 0 Å². The summed E-state index contributed by atoms with van der Waals surface area (Å²) in [5.74, 6) is 0.577. The van der Waals surface area contributed by atoms with Crippen LogP contribution in [0.25, 0.3) is 0 Å². The second-order valence-electron chi connectivity index (χ2n) is 6.93. The summed E-state index contributed by atoms with van der Waals surface area (Å²) < 4.78 is 28.8. The normalized spacial score (nSPS) is 17.5. The Labute approximate surface area is 170 Å². The van der Waals surface area contributed by atoms with E-state index >= 15 is 0 Å². The molecule has 0 unspecified atom stereocenters. The number of carbonyl (C=O) groups excluding carboxylic acids is 2. The lowest BCUT2D eigenvalue weighted by Gasteiger charge is -2.22. The van der Waals surface area contributed by atoms with Crippen molar-refractivity contribution in [3.05, 3.63) is 60.2 Å². The molecule has 1 aliphatic heterocycles. The van der Waals surface area contributed by atoms with E-state index in [0.29, 0.717) is 30.0 Å². The van der Waals surface area contributed by atoms with Crippen molar-refractivity contribution in [3.8, 4) is 11.5 Å². The van der Waals surface area contributed by atoms with Crippen molar-refractivity contribution in [2.75, 3.05) is 24.6 Å². The van der Waals surface area contributed by atoms with E-state index in [0.717, 1.165) is 0 Å². The van der Waals surface area contributed by atoms with E-state index in [9.17, 15) is 18.0 Å². The number of ether oxygens (including phenoxy) is 1. The molecule has 1 atom stereocenters. The van der Waals surface area contributed by atoms with E-state index in [-0.39, 0.29) is 35.9 Å². The molecule has 0 aromatic heterocycles. The van der Waals surface area contributed by atoms with E-state index in [1.54, 1.807) is 31.2 Å². The maximum Gasteiger partial charge on any atom is 0.254 e. The van der Waals surface area contributed by atoms with Crippen LogP contribution in [0.3, 0.4) is 0 Å². The summed E-state index contributed by atoms with van der Waals surface area (Å²) in [7, 11) is -3.07. The molecule has 0 bridgehead atoms. The number of hydrogen-bond acceptors (Lipinski definition) is 5. The number of rotatable bonds is 7. The molecule has 29 heavy (non-hydrogen) atoms.